The standard InChI is InChI=1S/C10H20O2/c1-5-6-8(2)7-10(12-4)9(3)11/h8,10H,5-7H2,1-4H3. The second-order valence-corrected chi connectivity index (χ2v) is 3.46. The molecule has 0 saturated heterocycles. The first-order valence-corrected chi connectivity index (χ1v) is 4.65. The van der Waals surface area contributed by atoms with Gasteiger partial charge in [-0.3, -0.25) is 4.79 Å². The highest BCUT2D eigenvalue weighted by Gasteiger charge is 2.15. The first-order chi connectivity index (χ1) is 5.61. The molecule has 0 fully saturated rings. The molecule has 72 valence electrons. The summed E-state index contributed by atoms with van der Waals surface area (Å²) in [4.78, 5) is 11.0. The SMILES string of the molecule is CCCC(C)CC(OC)C(C)=O. The van der Waals surface area contributed by atoms with Crippen LogP contribution < -0.4 is 0 Å². The zero-order chi connectivity index (χ0) is 9.56. The number of rotatable bonds is 6. The Labute approximate surface area is 75.3 Å². The first kappa shape index (κ1) is 11.6. The van der Waals surface area contributed by atoms with Gasteiger partial charge in [0.25, 0.3) is 0 Å². The molecule has 0 heterocycles. The molecule has 0 bridgehead atoms. The van der Waals surface area contributed by atoms with Crippen LogP contribution in [0.15, 0.2) is 0 Å². The molecule has 0 aromatic heterocycles. The fourth-order valence-corrected chi connectivity index (χ4v) is 1.40. The third-order valence-corrected chi connectivity index (χ3v) is 2.14. The molecular formula is C10H20O2. The molecule has 2 heteroatoms. The van der Waals surface area contributed by atoms with E-state index in [4.69, 9.17) is 4.74 Å². The van der Waals surface area contributed by atoms with E-state index in [9.17, 15) is 4.79 Å². The topological polar surface area (TPSA) is 26.3 Å². The second kappa shape index (κ2) is 6.18. The van der Waals surface area contributed by atoms with Crippen LogP contribution in [0.1, 0.15) is 40.0 Å². The van der Waals surface area contributed by atoms with Crippen LogP contribution in [0.3, 0.4) is 0 Å². The fourth-order valence-electron chi connectivity index (χ4n) is 1.40. The van der Waals surface area contributed by atoms with Crippen molar-refractivity contribution in [2.45, 2.75) is 46.1 Å². The molecule has 0 saturated carbocycles. The number of carbonyl (C=O) groups excluding carboxylic acids is 1. The van der Waals surface area contributed by atoms with Gasteiger partial charge >= 0.3 is 0 Å². The normalized spacial score (nSPS) is 15.7. The predicted octanol–water partition coefficient (Wildman–Crippen LogP) is 2.42. The summed E-state index contributed by atoms with van der Waals surface area (Å²) < 4.78 is 5.08. The van der Waals surface area contributed by atoms with E-state index >= 15 is 0 Å². The molecule has 0 aromatic carbocycles. The van der Waals surface area contributed by atoms with Crippen LogP contribution in [0.5, 0.6) is 0 Å². The van der Waals surface area contributed by atoms with E-state index in [0.29, 0.717) is 5.92 Å². The second-order valence-electron chi connectivity index (χ2n) is 3.46. The number of carbonyl (C=O) groups is 1. The Balaban J connectivity index is 3.77. The Hall–Kier alpha value is -0.370. The Kier molecular flexibility index (Phi) is 5.99. The zero-order valence-corrected chi connectivity index (χ0v) is 8.59. The number of hydrogen-bond donors (Lipinski definition) is 0. The minimum Gasteiger partial charge on any atom is -0.374 e. The van der Waals surface area contributed by atoms with Gasteiger partial charge in [-0.25, -0.2) is 0 Å². The molecule has 2 atom stereocenters. The number of ether oxygens (including phenoxy) is 1. The molecule has 2 nitrogen and oxygen atoms in total. The summed E-state index contributed by atoms with van der Waals surface area (Å²) in [6, 6.07) is 0. The molecule has 0 radical (unpaired) electrons. The summed E-state index contributed by atoms with van der Waals surface area (Å²) in [6.07, 6.45) is 3.02. The van der Waals surface area contributed by atoms with Gasteiger partial charge in [-0.15, -0.1) is 0 Å². The molecule has 0 N–H and O–H groups in total. The minimum absolute atomic E-state index is 0.139. The van der Waals surface area contributed by atoms with E-state index in [1.54, 1.807) is 14.0 Å². The number of hydrogen-bond acceptors (Lipinski definition) is 2. The Morgan fingerprint density at radius 3 is 2.42 bits per heavy atom. The van der Waals surface area contributed by atoms with Crippen LogP contribution in [-0.4, -0.2) is 19.0 Å². The fraction of sp³-hybridized carbons (Fsp3) is 0.900. The van der Waals surface area contributed by atoms with Gasteiger partial charge < -0.3 is 4.74 Å². The van der Waals surface area contributed by atoms with Gasteiger partial charge in [0.05, 0.1) is 0 Å². The van der Waals surface area contributed by atoms with Gasteiger partial charge in [0.15, 0.2) is 5.78 Å². The highest BCUT2D eigenvalue weighted by molar-refractivity contribution is 5.80. The summed E-state index contributed by atoms with van der Waals surface area (Å²) in [6.45, 7) is 5.91. The van der Waals surface area contributed by atoms with E-state index in [0.717, 1.165) is 6.42 Å². The maximum Gasteiger partial charge on any atom is 0.158 e. The Bertz CT molecular complexity index is 132. The monoisotopic (exact) mass is 172 g/mol. The molecule has 0 aliphatic carbocycles. The lowest BCUT2D eigenvalue weighted by Crippen LogP contribution is -2.22. The summed E-state index contributed by atoms with van der Waals surface area (Å²) in [7, 11) is 1.60. The van der Waals surface area contributed by atoms with Gasteiger partial charge in [-0.1, -0.05) is 26.7 Å². The summed E-state index contributed by atoms with van der Waals surface area (Å²) in [5.74, 6) is 0.726. The summed E-state index contributed by atoms with van der Waals surface area (Å²) >= 11 is 0. The van der Waals surface area contributed by atoms with Crippen molar-refractivity contribution in [3.8, 4) is 0 Å². The van der Waals surface area contributed by atoms with Gasteiger partial charge in [0.2, 0.25) is 0 Å². The largest absolute Gasteiger partial charge is 0.374 e. The molecule has 0 spiro atoms. The molecule has 0 aromatic rings. The molecule has 0 aliphatic rings. The maximum atomic E-state index is 11.0. The molecule has 0 aliphatic heterocycles. The molecule has 12 heavy (non-hydrogen) atoms. The van der Waals surface area contributed by atoms with E-state index < -0.39 is 0 Å². The highest BCUT2D eigenvalue weighted by atomic mass is 16.5. The number of methoxy groups -OCH3 is 1. The lowest BCUT2D eigenvalue weighted by molar-refractivity contribution is -0.127. The molecule has 0 amide bonds. The average molecular weight is 172 g/mol. The van der Waals surface area contributed by atoms with E-state index in [1.165, 1.54) is 12.8 Å². The first-order valence-electron chi connectivity index (χ1n) is 4.65. The lowest BCUT2D eigenvalue weighted by Gasteiger charge is -2.16. The molecule has 2 unspecified atom stereocenters. The van der Waals surface area contributed by atoms with Gasteiger partial charge in [0.1, 0.15) is 6.10 Å². The highest BCUT2D eigenvalue weighted by Crippen LogP contribution is 2.14. The Morgan fingerprint density at radius 2 is 2.08 bits per heavy atom. The lowest BCUT2D eigenvalue weighted by atomic mass is 9.97. The number of ketones is 1. The Morgan fingerprint density at radius 1 is 1.50 bits per heavy atom. The molecular weight excluding hydrogens is 152 g/mol. The maximum absolute atomic E-state index is 11.0. The van der Waals surface area contributed by atoms with E-state index in [1.807, 2.05) is 0 Å². The van der Waals surface area contributed by atoms with Crippen molar-refractivity contribution < 1.29 is 9.53 Å². The van der Waals surface area contributed by atoms with Crippen LogP contribution in [0.25, 0.3) is 0 Å². The van der Waals surface area contributed by atoms with E-state index in [-0.39, 0.29) is 11.9 Å². The smallest absolute Gasteiger partial charge is 0.158 e. The van der Waals surface area contributed by atoms with Crippen LogP contribution in [0.2, 0.25) is 0 Å². The predicted molar refractivity (Wildman–Crippen MR) is 50.2 cm³/mol. The van der Waals surface area contributed by atoms with Crippen molar-refractivity contribution in [1.29, 1.82) is 0 Å². The summed E-state index contributed by atoms with van der Waals surface area (Å²) in [5, 5.41) is 0. The quantitative estimate of drug-likeness (QED) is 0.615. The van der Waals surface area contributed by atoms with Gasteiger partial charge in [0, 0.05) is 7.11 Å². The van der Waals surface area contributed by atoms with Crippen molar-refractivity contribution in [3.63, 3.8) is 0 Å². The van der Waals surface area contributed by atoms with Crippen LogP contribution >= 0.6 is 0 Å². The third kappa shape index (κ3) is 4.50. The third-order valence-electron chi connectivity index (χ3n) is 2.14. The number of Topliss-reactive ketones (excluding diaryl/α,β-unsaturated/α-hetero) is 1. The van der Waals surface area contributed by atoms with Crippen molar-refractivity contribution in [3.05, 3.63) is 0 Å². The van der Waals surface area contributed by atoms with Crippen LogP contribution in [0, 0.1) is 5.92 Å². The van der Waals surface area contributed by atoms with Crippen LogP contribution in [0.4, 0.5) is 0 Å². The summed E-state index contributed by atoms with van der Waals surface area (Å²) in [5.41, 5.74) is 0. The van der Waals surface area contributed by atoms with Gasteiger partial charge in [-0.05, 0) is 19.3 Å². The van der Waals surface area contributed by atoms with Crippen molar-refractivity contribution in [2.75, 3.05) is 7.11 Å². The van der Waals surface area contributed by atoms with Crippen molar-refractivity contribution in [2.24, 2.45) is 5.92 Å². The van der Waals surface area contributed by atoms with E-state index in [2.05, 4.69) is 13.8 Å². The average Bonchev–Trinajstić information content (AvgIpc) is 2.00. The minimum atomic E-state index is -0.188. The molecule has 0 rings (SSSR count). The van der Waals surface area contributed by atoms with Gasteiger partial charge in [-0.2, -0.15) is 0 Å². The van der Waals surface area contributed by atoms with Crippen molar-refractivity contribution >= 4 is 5.78 Å². The van der Waals surface area contributed by atoms with Crippen LogP contribution in [-0.2, 0) is 9.53 Å². The van der Waals surface area contributed by atoms with Crippen molar-refractivity contribution in [1.82, 2.24) is 0 Å². The zero-order valence-electron chi connectivity index (χ0n) is 8.59.